The quantitative estimate of drug-likeness (QED) is 0.136. The summed E-state index contributed by atoms with van der Waals surface area (Å²) in [5.41, 5.74) is -0.953. The van der Waals surface area contributed by atoms with Crippen molar-refractivity contribution in [2.24, 2.45) is 0 Å². The summed E-state index contributed by atoms with van der Waals surface area (Å²) in [5, 5.41) is 0. The van der Waals surface area contributed by atoms with E-state index in [1.807, 2.05) is 0 Å². The maximum Gasteiger partial charge on any atom is 0.385 e. The lowest BCUT2D eigenvalue weighted by atomic mass is 9.86. The van der Waals surface area contributed by atoms with Crippen LogP contribution in [0.4, 0.5) is 87.8 Å². The molecule has 0 amide bonds. The summed E-state index contributed by atoms with van der Waals surface area (Å²) in [6.07, 6.45) is -6.12. The molecule has 0 N–H and O–H groups in total. The molecule has 37 heavy (non-hydrogen) atoms. The summed E-state index contributed by atoms with van der Waals surface area (Å²) in [4.78, 5) is 10.9. The highest BCUT2D eigenvalue weighted by molar-refractivity contribution is 5.86. The van der Waals surface area contributed by atoms with Crippen LogP contribution in [0, 0.1) is 0 Å². The Labute approximate surface area is 190 Å². The summed E-state index contributed by atoms with van der Waals surface area (Å²) in [6, 6.07) is 0. The predicted molar refractivity (Wildman–Crippen MR) is 76.3 cm³/mol. The summed E-state index contributed by atoms with van der Waals surface area (Å²) in [5.74, 6) is -78.0. The molecule has 0 saturated heterocycles. The van der Waals surface area contributed by atoms with E-state index in [1.54, 1.807) is 0 Å². The van der Waals surface area contributed by atoms with E-state index in [0.29, 0.717) is 6.92 Å². The number of carbonyl (C=O) groups excluding carboxylic acids is 1. The zero-order chi connectivity index (χ0) is 30.6. The van der Waals surface area contributed by atoms with Gasteiger partial charge in [0.2, 0.25) is 0 Å². The molecule has 0 aromatic rings. The molecule has 0 bridgehead atoms. The van der Waals surface area contributed by atoms with E-state index >= 15 is 0 Å². The van der Waals surface area contributed by atoms with Gasteiger partial charge in [-0.05, 0) is 6.92 Å². The number of carbonyl (C=O) groups is 1. The molecule has 0 saturated carbocycles. The SMILES string of the molecule is C=C(C)C(=O)OCC(F)(F)C(F)(F)C(F)(F)C(F)(F)C(F)(F)C(F)(F)C(F)(F)C(F)(F)C(F)(F)C(F)F. The number of rotatable bonds is 12. The molecular weight excluding hydrogens is 592 g/mol. The van der Waals surface area contributed by atoms with Gasteiger partial charge in [0.25, 0.3) is 0 Å². The molecule has 0 spiro atoms. The molecule has 220 valence electrons. The van der Waals surface area contributed by atoms with E-state index in [9.17, 15) is 92.6 Å². The first kappa shape index (κ1) is 34.8. The molecule has 0 radical (unpaired) electrons. The van der Waals surface area contributed by atoms with Crippen LogP contribution in [-0.2, 0) is 9.53 Å². The fraction of sp³-hybridized carbons (Fsp3) is 0.800. The van der Waals surface area contributed by atoms with Crippen LogP contribution in [0.5, 0.6) is 0 Å². The molecule has 0 heterocycles. The smallest absolute Gasteiger partial charge is 0.385 e. The Hall–Kier alpha value is -2.19. The van der Waals surface area contributed by atoms with Gasteiger partial charge in [-0.2, -0.15) is 79.0 Å². The fourth-order valence-electron chi connectivity index (χ4n) is 1.93. The summed E-state index contributed by atoms with van der Waals surface area (Å²) >= 11 is 0. The van der Waals surface area contributed by atoms with Gasteiger partial charge < -0.3 is 4.74 Å². The third kappa shape index (κ3) is 4.65. The van der Waals surface area contributed by atoms with Gasteiger partial charge in [0.1, 0.15) is 0 Å². The Kier molecular flexibility index (Phi) is 8.68. The molecule has 0 aliphatic rings. The maximum atomic E-state index is 13.6. The Morgan fingerprint density at radius 1 is 0.595 bits per heavy atom. The normalized spacial score (nSPS) is 15.7. The van der Waals surface area contributed by atoms with Crippen molar-refractivity contribution in [1.29, 1.82) is 0 Å². The first-order valence-electron chi connectivity index (χ1n) is 8.28. The molecule has 0 fully saturated rings. The lowest BCUT2D eigenvalue weighted by Gasteiger charge is -2.44. The predicted octanol–water partition coefficient (Wildman–Crippen LogP) is 7.09. The fourth-order valence-corrected chi connectivity index (χ4v) is 1.93. The second-order valence-corrected chi connectivity index (χ2v) is 7.01. The molecule has 22 heteroatoms. The van der Waals surface area contributed by atoms with Gasteiger partial charge in [0, 0.05) is 5.57 Å². The van der Waals surface area contributed by atoms with Crippen LogP contribution < -0.4 is 0 Å². The number of halogens is 20. The van der Waals surface area contributed by atoms with E-state index in [2.05, 4.69) is 11.3 Å². The Bertz CT molecular complexity index is 873. The van der Waals surface area contributed by atoms with Crippen molar-refractivity contribution in [3.63, 3.8) is 0 Å². The van der Waals surface area contributed by atoms with Crippen LogP contribution in [0.1, 0.15) is 6.92 Å². The van der Waals surface area contributed by atoms with Crippen LogP contribution in [-0.4, -0.2) is 72.3 Å². The van der Waals surface area contributed by atoms with Crippen molar-refractivity contribution in [3.05, 3.63) is 12.2 Å². The van der Waals surface area contributed by atoms with E-state index in [0.717, 1.165) is 0 Å². The van der Waals surface area contributed by atoms with E-state index in [4.69, 9.17) is 0 Å². The van der Waals surface area contributed by atoms with Crippen molar-refractivity contribution >= 4 is 5.97 Å². The second kappa shape index (κ2) is 9.23. The molecule has 0 aliphatic heterocycles. The summed E-state index contributed by atoms with van der Waals surface area (Å²) in [6.45, 7) is -0.168. The largest absolute Gasteiger partial charge is 0.456 e. The van der Waals surface area contributed by atoms with Crippen LogP contribution >= 0.6 is 0 Å². The topological polar surface area (TPSA) is 26.3 Å². The molecule has 0 atom stereocenters. The molecule has 0 aromatic carbocycles. The molecule has 0 rings (SSSR count). The Balaban J connectivity index is 6.84. The third-order valence-corrected chi connectivity index (χ3v) is 4.25. The van der Waals surface area contributed by atoms with Gasteiger partial charge in [0.15, 0.2) is 6.61 Å². The molecule has 0 aliphatic carbocycles. The first-order valence-corrected chi connectivity index (χ1v) is 8.28. The molecular formula is C15H8F20O2. The zero-order valence-electron chi connectivity index (χ0n) is 16.9. The van der Waals surface area contributed by atoms with Crippen molar-refractivity contribution in [2.45, 2.75) is 66.7 Å². The van der Waals surface area contributed by atoms with Crippen LogP contribution in [0.2, 0.25) is 0 Å². The highest BCUT2D eigenvalue weighted by atomic mass is 19.4. The zero-order valence-corrected chi connectivity index (χ0v) is 16.9. The monoisotopic (exact) mass is 600 g/mol. The molecule has 0 unspecified atom stereocenters. The number of hydrogen-bond donors (Lipinski definition) is 0. The number of esters is 1. The van der Waals surface area contributed by atoms with Gasteiger partial charge in [-0.3, -0.25) is 0 Å². The lowest BCUT2D eigenvalue weighted by molar-refractivity contribution is -0.465. The average Bonchev–Trinajstić information content (AvgIpc) is 2.70. The number of alkyl halides is 20. The number of ether oxygens (including phenoxy) is 1. The lowest BCUT2D eigenvalue weighted by Crippen LogP contribution is -2.76. The van der Waals surface area contributed by atoms with E-state index in [-0.39, 0.29) is 0 Å². The van der Waals surface area contributed by atoms with Gasteiger partial charge in [0.05, 0.1) is 0 Å². The van der Waals surface area contributed by atoms with Crippen LogP contribution in [0.3, 0.4) is 0 Å². The van der Waals surface area contributed by atoms with Crippen molar-refractivity contribution in [3.8, 4) is 0 Å². The summed E-state index contributed by atoms with van der Waals surface area (Å²) in [7, 11) is 0. The minimum Gasteiger partial charge on any atom is -0.456 e. The van der Waals surface area contributed by atoms with Gasteiger partial charge in [-0.15, -0.1) is 0 Å². The second-order valence-electron chi connectivity index (χ2n) is 7.01. The highest BCUT2D eigenvalue weighted by Crippen LogP contribution is 2.65. The first-order chi connectivity index (χ1) is 15.8. The van der Waals surface area contributed by atoms with Crippen molar-refractivity contribution in [2.75, 3.05) is 6.61 Å². The van der Waals surface area contributed by atoms with Crippen LogP contribution in [0.15, 0.2) is 12.2 Å². The standard InChI is InChI=1S/C15H8F20O2/c1-4(2)5(36)37-3-7(18,19)9(22,23)11(26,27)13(30,31)15(34,35)14(32,33)12(28,29)10(24,25)8(20,21)6(16)17/h6H,1,3H2,2H3. The summed E-state index contributed by atoms with van der Waals surface area (Å²) < 4.78 is 267. The van der Waals surface area contributed by atoms with Crippen LogP contribution in [0.25, 0.3) is 0 Å². The van der Waals surface area contributed by atoms with Gasteiger partial charge >= 0.3 is 65.7 Å². The highest BCUT2D eigenvalue weighted by Gasteiger charge is 2.96. The molecule has 0 aromatic heterocycles. The van der Waals surface area contributed by atoms with E-state index < -0.39 is 77.9 Å². The molecule has 2 nitrogen and oxygen atoms in total. The van der Waals surface area contributed by atoms with Crippen molar-refractivity contribution in [1.82, 2.24) is 0 Å². The third-order valence-electron chi connectivity index (χ3n) is 4.25. The average molecular weight is 600 g/mol. The minimum atomic E-state index is -9.08. The van der Waals surface area contributed by atoms with Gasteiger partial charge in [-0.25, -0.2) is 13.6 Å². The van der Waals surface area contributed by atoms with Crippen molar-refractivity contribution < 1.29 is 97.3 Å². The Morgan fingerprint density at radius 3 is 1.14 bits per heavy atom. The number of hydrogen-bond acceptors (Lipinski definition) is 2. The Morgan fingerprint density at radius 2 is 0.865 bits per heavy atom. The van der Waals surface area contributed by atoms with Gasteiger partial charge in [-0.1, -0.05) is 6.58 Å². The maximum absolute atomic E-state index is 13.6. The minimum absolute atomic E-state index is 0.595. The van der Waals surface area contributed by atoms with E-state index in [1.165, 1.54) is 0 Å².